The van der Waals surface area contributed by atoms with E-state index < -0.39 is 0 Å². The van der Waals surface area contributed by atoms with Gasteiger partial charge in [-0.15, -0.1) is 0 Å². The maximum Gasteiger partial charge on any atom is 0.226 e. The molecule has 3 atom stereocenters. The number of likely N-dealkylation sites (tertiary alicyclic amines) is 1. The third kappa shape index (κ3) is 3.38. The van der Waals surface area contributed by atoms with Crippen LogP contribution in [0.15, 0.2) is 24.3 Å². The Kier molecular flexibility index (Phi) is 5.04. The summed E-state index contributed by atoms with van der Waals surface area (Å²) in [7, 11) is 3.39. The van der Waals surface area contributed by atoms with Crippen molar-refractivity contribution >= 4 is 11.8 Å². The monoisotopic (exact) mass is 331 g/mol. The molecule has 2 saturated heterocycles. The standard InChI is InChI=1S/C18H25N3O3/c1-21-16(22)10-15(18(23)20-13-4-3-9-19-11-13)17(21)12-5-7-14(24-2)8-6-12/h5-8,13,15,17,19H,3-4,9-11H2,1-2H3,(H,20,23)/t13-,15?,17?/m0/s1. The number of hydrogen-bond acceptors (Lipinski definition) is 4. The molecule has 2 heterocycles. The van der Waals surface area contributed by atoms with E-state index in [2.05, 4.69) is 10.6 Å². The molecule has 1 aromatic rings. The van der Waals surface area contributed by atoms with Crippen LogP contribution >= 0.6 is 0 Å². The van der Waals surface area contributed by atoms with Crippen LogP contribution in [-0.2, 0) is 9.59 Å². The van der Waals surface area contributed by atoms with Gasteiger partial charge < -0.3 is 20.3 Å². The Morgan fingerprint density at radius 3 is 2.71 bits per heavy atom. The van der Waals surface area contributed by atoms with Gasteiger partial charge >= 0.3 is 0 Å². The van der Waals surface area contributed by atoms with Gasteiger partial charge in [0.05, 0.1) is 19.1 Å². The molecule has 0 spiro atoms. The highest BCUT2D eigenvalue weighted by molar-refractivity contribution is 5.90. The predicted octanol–water partition coefficient (Wildman–Crippen LogP) is 1.08. The van der Waals surface area contributed by atoms with Gasteiger partial charge in [-0.3, -0.25) is 9.59 Å². The van der Waals surface area contributed by atoms with E-state index in [-0.39, 0.29) is 36.2 Å². The van der Waals surface area contributed by atoms with Gasteiger partial charge in [0, 0.05) is 26.1 Å². The fourth-order valence-electron chi connectivity index (χ4n) is 3.65. The van der Waals surface area contributed by atoms with Gasteiger partial charge in [-0.05, 0) is 37.1 Å². The molecule has 0 saturated carbocycles. The summed E-state index contributed by atoms with van der Waals surface area (Å²) < 4.78 is 5.19. The molecular weight excluding hydrogens is 306 g/mol. The molecule has 2 N–H and O–H groups in total. The zero-order valence-corrected chi connectivity index (χ0v) is 14.2. The van der Waals surface area contributed by atoms with E-state index in [1.165, 1.54) is 0 Å². The van der Waals surface area contributed by atoms with E-state index in [0.717, 1.165) is 37.2 Å². The van der Waals surface area contributed by atoms with E-state index >= 15 is 0 Å². The third-order valence-electron chi connectivity index (χ3n) is 5.02. The second-order valence-electron chi connectivity index (χ2n) is 6.59. The Morgan fingerprint density at radius 2 is 2.08 bits per heavy atom. The van der Waals surface area contributed by atoms with Crippen LogP contribution in [0.4, 0.5) is 0 Å². The molecule has 6 heteroatoms. The van der Waals surface area contributed by atoms with Crippen LogP contribution in [0.1, 0.15) is 30.9 Å². The molecule has 2 amide bonds. The van der Waals surface area contributed by atoms with Gasteiger partial charge in [-0.25, -0.2) is 0 Å². The first kappa shape index (κ1) is 16.8. The number of methoxy groups -OCH3 is 1. The molecule has 2 aliphatic heterocycles. The number of benzene rings is 1. The number of carbonyl (C=O) groups excluding carboxylic acids is 2. The molecule has 2 aliphatic rings. The molecule has 24 heavy (non-hydrogen) atoms. The fourth-order valence-corrected chi connectivity index (χ4v) is 3.65. The largest absolute Gasteiger partial charge is 0.497 e. The molecule has 0 radical (unpaired) electrons. The normalized spacial score (nSPS) is 27.2. The average molecular weight is 331 g/mol. The molecule has 2 fully saturated rings. The Morgan fingerprint density at radius 1 is 1.33 bits per heavy atom. The van der Waals surface area contributed by atoms with Crippen molar-refractivity contribution < 1.29 is 14.3 Å². The van der Waals surface area contributed by atoms with E-state index in [4.69, 9.17) is 4.74 Å². The topological polar surface area (TPSA) is 70.7 Å². The zero-order valence-electron chi connectivity index (χ0n) is 14.2. The number of amides is 2. The lowest BCUT2D eigenvalue weighted by Gasteiger charge is -2.28. The van der Waals surface area contributed by atoms with Gasteiger partial charge in [0.2, 0.25) is 11.8 Å². The lowest BCUT2D eigenvalue weighted by atomic mass is 9.92. The maximum absolute atomic E-state index is 12.8. The number of rotatable bonds is 4. The second-order valence-corrected chi connectivity index (χ2v) is 6.59. The summed E-state index contributed by atoms with van der Waals surface area (Å²) in [4.78, 5) is 26.7. The van der Waals surface area contributed by atoms with Crippen molar-refractivity contribution in [2.45, 2.75) is 31.3 Å². The first-order chi connectivity index (χ1) is 11.6. The number of carbonyl (C=O) groups is 2. The molecule has 0 bridgehead atoms. The highest BCUT2D eigenvalue weighted by atomic mass is 16.5. The number of nitrogens with one attached hydrogen (secondary N) is 2. The molecule has 3 rings (SSSR count). The van der Waals surface area contributed by atoms with Crippen LogP contribution < -0.4 is 15.4 Å². The third-order valence-corrected chi connectivity index (χ3v) is 5.02. The van der Waals surface area contributed by atoms with Crippen LogP contribution in [0.5, 0.6) is 5.75 Å². The molecule has 6 nitrogen and oxygen atoms in total. The summed E-state index contributed by atoms with van der Waals surface area (Å²) in [5.41, 5.74) is 0.964. The molecule has 130 valence electrons. The van der Waals surface area contributed by atoms with E-state index in [1.54, 1.807) is 19.1 Å². The van der Waals surface area contributed by atoms with Gasteiger partial charge in [0.1, 0.15) is 5.75 Å². The van der Waals surface area contributed by atoms with Crippen molar-refractivity contribution in [3.8, 4) is 5.75 Å². The first-order valence-electron chi connectivity index (χ1n) is 8.51. The average Bonchev–Trinajstić information content (AvgIpc) is 2.91. The van der Waals surface area contributed by atoms with Crippen molar-refractivity contribution in [2.24, 2.45) is 5.92 Å². The minimum atomic E-state index is -0.349. The van der Waals surface area contributed by atoms with Gasteiger partial charge in [0.25, 0.3) is 0 Å². The molecule has 0 aromatic heterocycles. The summed E-state index contributed by atoms with van der Waals surface area (Å²) in [6.07, 6.45) is 2.32. The number of piperidine rings is 1. The zero-order chi connectivity index (χ0) is 17.1. The van der Waals surface area contributed by atoms with Crippen LogP contribution in [0, 0.1) is 5.92 Å². The lowest BCUT2D eigenvalue weighted by molar-refractivity contribution is -0.128. The fraction of sp³-hybridized carbons (Fsp3) is 0.556. The van der Waals surface area contributed by atoms with E-state index in [0.29, 0.717) is 0 Å². The Balaban J connectivity index is 1.76. The predicted molar refractivity (Wildman–Crippen MR) is 90.6 cm³/mol. The van der Waals surface area contributed by atoms with Crippen LogP contribution in [0.3, 0.4) is 0 Å². The highest BCUT2D eigenvalue weighted by Gasteiger charge is 2.43. The summed E-state index contributed by atoms with van der Waals surface area (Å²) in [6, 6.07) is 7.53. The quantitative estimate of drug-likeness (QED) is 0.866. The van der Waals surface area contributed by atoms with E-state index in [1.807, 2.05) is 24.3 Å². The molecule has 0 aliphatic carbocycles. The lowest BCUT2D eigenvalue weighted by Crippen LogP contribution is -2.48. The summed E-state index contributed by atoms with van der Waals surface area (Å²) in [5.74, 6) is 0.401. The van der Waals surface area contributed by atoms with Crippen LogP contribution in [0.25, 0.3) is 0 Å². The number of nitrogens with zero attached hydrogens (tertiary/aromatic N) is 1. The minimum Gasteiger partial charge on any atom is -0.497 e. The Labute approximate surface area is 142 Å². The minimum absolute atomic E-state index is 0.0118. The van der Waals surface area contributed by atoms with Crippen LogP contribution in [0.2, 0.25) is 0 Å². The second kappa shape index (κ2) is 7.21. The van der Waals surface area contributed by atoms with Crippen molar-refractivity contribution in [3.63, 3.8) is 0 Å². The van der Waals surface area contributed by atoms with Gasteiger partial charge in [-0.2, -0.15) is 0 Å². The van der Waals surface area contributed by atoms with Crippen molar-refractivity contribution in [1.29, 1.82) is 0 Å². The van der Waals surface area contributed by atoms with Crippen LogP contribution in [-0.4, -0.2) is 50.0 Å². The van der Waals surface area contributed by atoms with Crippen molar-refractivity contribution in [1.82, 2.24) is 15.5 Å². The maximum atomic E-state index is 12.8. The SMILES string of the molecule is COc1ccc(C2C(C(=O)N[C@H]3CCCNC3)CC(=O)N2C)cc1. The van der Waals surface area contributed by atoms with E-state index in [9.17, 15) is 9.59 Å². The van der Waals surface area contributed by atoms with Crippen molar-refractivity contribution in [3.05, 3.63) is 29.8 Å². The Hall–Kier alpha value is -2.08. The first-order valence-corrected chi connectivity index (χ1v) is 8.51. The smallest absolute Gasteiger partial charge is 0.226 e. The van der Waals surface area contributed by atoms with Gasteiger partial charge in [0.15, 0.2) is 0 Å². The number of ether oxygens (including phenoxy) is 1. The highest BCUT2D eigenvalue weighted by Crippen LogP contribution is 2.37. The van der Waals surface area contributed by atoms with Gasteiger partial charge in [-0.1, -0.05) is 12.1 Å². The molecular formula is C18H25N3O3. The number of hydrogen-bond donors (Lipinski definition) is 2. The summed E-state index contributed by atoms with van der Waals surface area (Å²) in [5, 5.41) is 6.42. The Bertz CT molecular complexity index is 596. The molecule has 1 aromatic carbocycles. The summed E-state index contributed by atoms with van der Waals surface area (Å²) in [6.45, 7) is 1.81. The van der Waals surface area contributed by atoms with Crippen molar-refractivity contribution in [2.75, 3.05) is 27.2 Å². The molecule has 2 unspecified atom stereocenters. The summed E-state index contributed by atoms with van der Waals surface area (Å²) >= 11 is 0.